The summed E-state index contributed by atoms with van der Waals surface area (Å²) in [4.78, 5) is 28.4. The van der Waals surface area contributed by atoms with Gasteiger partial charge in [-0.3, -0.25) is 9.59 Å². The maximum Gasteiger partial charge on any atom is 0.247 e. The summed E-state index contributed by atoms with van der Waals surface area (Å²) in [5.41, 5.74) is 1.44. The number of ether oxygens (including phenoxy) is 3. The minimum atomic E-state index is -0.897. The molecule has 8 heteroatoms. The van der Waals surface area contributed by atoms with Crippen LogP contribution in [-0.2, 0) is 16.1 Å². The molecule has 2 aromatic rings. The van der Waals surface area contributed by atoms with E-state index in [1.54, 1.807) is 32.4 Å². The molecular weight excluding hydrogens is 468 g/mol. The molecule has 1 N–H and O–H groups in total. The molecule has 7 nitrogen and oxygen atoms in total. The number of carbonyl (C=O) groups is 2. The van der Waals surface area contributed by atoms with Crippen molar-refractivity contribution in [2.24, 2.45) is 5.92 Å². The Morgan fingerprint density at radius 1 is 1.00 bits per heavy atom. The standard InChI is InChI=1S/C27H35ClN2O5/c1-18-8-11-21(12-9-18)29-27(32)26(20-10-13-23(34-3)24(15-20)35-4)30(25(31)16-28)17-19-6-5-7-22(14-19)33-2/h5-7,10,13-15,18,21,26H,8-9,11-12,16-17H2,1-4H3,(H,29,32)/t18?,21?,26-/m1/s1. The molecule has 0 aliphatic heterocycles. The van der Waals surface area contributed by atoms with Crippen LogP contribution in [0.1, 0.15) is 49.8 Å². The first kappa shape index (κ1) is 26.7. The lowest BCUT2D eigenvalue weighted by Crippen LogP contribution is -2.47. The third-order valence-corrected chi connectivity index (χ3v) is 6.80. The highest BCUT2D eigenvalue weighted by Gasteiger charge is 2.33. The first-order valence-electron chi connectivity index (χ1n) is 11.9. The van der Waals surface area contributed by atoms with E-state index in [4.69, 9.17) is 25.8 Å². The lowest BCUT2D eigenvalue weighted by molar-refractivity contribution is -0.140. The molecule has 0 saturated heterocycles. The van der Waals surface area contributed by atoms with E-state index in [2.05, 4.69) is 12.2 Å². The van der Waals surface area contributed by atoms with Crippen molar-refractivity contribution in [2.75, 3.05) is 27.2 Å². The quantitative estimate of drug-likeness (QED) is 0.476. The number of hydrogen-bond acceptors (Lipinski definition) is 5. The van der Waals surface area contributed by atoms with E-state index in [-0.39, 0.29) is 30.3 Å². The molecule has 2 amide bonds. The Kier molecular flexibility index (Phi) is 9.66. The van der Waals surface area contributed by atoms with Crippen LogP contribution in [-0.4, -0.2) is 50.0 Å². The van der Waals surface area contributed by atoms with Gasteiger partial charge in [-0.15, -0.1) is 11.6 Å². The fourth-order valence-electron chi connectivity index (χ4n) is 4.55. The Morgan fingerprint density at radius 3 is 2.34 bits per heavy atom. The second kappa shape index (κ2) is 12.7. The molecule has 2 aromatic carbocycles. The van der Waals surface area contributed by atoms with Crippen molar-refractivity contribution in [3.8, 4) is 17.2 Å². The summed E-state index contributed by atoms with van der Waals surface area (Å²) in [6.07, 6.45) is 3.98. The molecule has 1 aliphatic rings. The number of carbonyl (C=O) groups excluding carboxylic acids is 2. The SMILES string of the molecule is COc1cccc(CN(C(=O)CCl)[C@@H](C(=O)NC2CCC(C)CC2)c2ccc(OC)c(OC)c2)c1. The molecule has 1 saturated carbocycles. The molecule has 190 valence electrons. The van der Waals surface area contributed by atoms with Crippen LogP contribution in [0.2, 0.25) is 0 Å². The highest BCUT2D eigenvalue weighted by atomic mass is 35.5. The van der Waals surface area contributed by atoms with Crippen molar-refractivity contribution in [3.63, 3.8) is 0 Å². The summed E-state index contributed by atoms with van der Waals surface area (Å²) in [5, 5.41) is 3.20. The minimum absolute atomic E-state index is 0.0751. The van der Waals surface area contributed by atoms with Gasteiger partial charge < -0.3 is 24.4 Å². The third kappa shape index (κ3) is 6.82. The second-order valence-corrected chi connectivity index (χ2v) is 9.26. The predicted molar refractivity (Wildman–Crippen MR) is 136 cm³/mol. The maximum atomic E-state index is 13.8. The summed E-state index contributed by atoms with van der Waals surface area (Å²) in [5.74, 6) is 1.52. The minimum Gasteiger partial charge on any atom is -0.497 e. The smallest absolute Gasteiger partial charge is 0.247 e. The zero-order valence-electron chi connectivity index (χ0n) is 20.9. The number of benzene rings is 2. The Labute approximate surface area is 212 Å². The largest absolute Gasteiger partial charge is 0.497 e. The lowest BCUT2D eigenvalue weighted by Gasteiger charge is -2.34. The molecule has 1 atom stereocenters. The predicted octanol–water partition coefficient (Wildman–Crippen LogP) is 4.72. The first-order chi connectivity index (χ1) is 16.9. The van der Waals surface area contributed by atoms with Gasteiger partial charge in [0, 0.05) is 12.6 Å². The average molecular weight is 503 g/mol. The monoisotopic (exact) mass is 502 g/mol. The van der Waals surface area contributed by atoms with E-state index in [9.17, 15) is 9.59 Å². The molecular formula is C27H35ClN2O5. The van der Waals surface area contributed by atoms with E-state index in [0.717, 1.165) is 31.2 Å². The number of alkyl halides is 1. The summed E-state index contributed by atoms with van der Waals surface area (Å²) in [6, 6.07) is 11.9. The van der Waals surface area contributed by atoms with Crippen LogP contribution in [0.3, 0.4) is 0 Å². The number of methoxy groups -OCH3 is 3. The Bertz CT molecular complexity index is 1010. The molecule has 0 unspecified atom stereocenters. The highest BCUT2D eigenvalue weighted by molar-refractivity contribution is 6.27. The van der Waals surface area contributed by atoms with Crippen LogP contribution in [0.15, 0.2) is 42.5 Å². The van der Waals surface area contributed by atoms with Gasteiger partial charge in [-0.1, -0.05) is 25.1 Å². The second-order valence-electron chi connectivity index (χ2n) is 8.99. The van der Waals surface area contributed by atoms with Gasteiger partial charge in [0.15, 0.2) is 11.5 Å². The number of nitrogens with zero attached hydrogens (tertiary/aromatic N) is 1. The Hall–Kier alpha value is -2.93. The maximum absolute atomic E-state index is 13.8. The van der Waals surface area contributed by atoms with Gasteiger partial charge in [-0.05, 0) is 67.0 Å². The molecule has 0 bridgehead atoms. The van der Waals surface area contributed by atoms with E-state index >= 15 is 0 Å². The zero-order chi connectivity index (χ0) is 25.4. The van der Waals surface area contributed by atoms with E-state index in [1.165, 1.54) is 12.0 Å². The highest BCUT2D eigenvalue weighted by Crippen LogP contribution is 2.34. The first-order valence-corrected chi connectivity index (χ1v) is 12.4. The van der Waals surface area contributed by atoms with E-state index < -0.39 is 6.04 Å². The van der Waals surface area contributed by atoms with Gasteiger partial charge in [0.1, 0.15) is 17.7 Å². The summed E-state index contributed by atoms with van der Waals surface area (Å²) in [7, 11) is 4.68. The average Bonchev–Trinajstić information content (AvgIpc) is 2.89. The van der Waals surface area contributed by atoms with Gasteiger partial charge in [0.05, 0.1) is 21.3 Å². The van der Waals surface area contributed by atoms with Crippen molar-refractivity contribution < 1.29 is 23.8 Å². The fraction of sp³-hybridized carbons (Fsp3) is 0.481. The summed E-state index contributed by atoms with van der Waals surface area (Å²) in [6.45, 7) is 2.43. The lowest BCUT2D eigenvalue weighted by atomic mass is 9.87. The number of amides is 2. The molecule has 0 spiro atoms. The van der Waals surface area contributed by atoms with Gasteiger partial charge in [-0.2, -0.15) is 0 Å². The van der Waals surface area contributed by atoms with Crippen molar-refractivity contribution in [3.05, 3.63) is 53.6 Å². The van der Waals surface area contributed by atoms with Gasteiger partial charge in [0.2, 0.25) is 11.8 Å². The molecule has 0 aromatic heterocycles. The molecule has 1 fully saturated rings. The molecule has 0 radical (unpaired) electrons. The normalized spacial score (nSPS) is 18.3. The van der Waals surface area contributed by atoms with Crippen LogP contribution >= 0.6 is 11.6 Å². The van der Waals surface area contributed by atoms with Crippen molar-refractivity contribution in [1.82, 2.24) is 10.2 Å². The van der Waals surface area contributed by atoms with Crippen LogP contribution in [0, 0.1) is 5.92 Å². The third-order valence-electron chi connectivity index (χ3n) is 6.57. The number of halogens is 1. The van der Waals surface area contributed by atoms with Crippen LogP contribution in [0.25, 0.3) is 0 Å². The molecule has 1 aliphatic carbocycles. The summed E-state index contributed by atoms with van der Waals surface area (Å²) >= 11 is 6.03. The van der Waals surface area contributed by atoms with E-state index in [1.807, 2.05) is 24.3 Å². The number of nitrogens with one attached hydrogen (secondary N) is 1. The van der Waals surface area contributed by atoms with Crippen LogP contribution < -0.4 is 19.5 Å². The molecule has 0 heterocycles. The van der Waals surface area contributed by atoms with Crippen molar-refractivity contribution in [2.45, 2.75) is 51.2 Å². The topological polar surface area (TPSA) is 77.1 Å². The summed E-state index contributed by atoms with van der Waals surface area (Å²) < 4.78 is 16.2. The molecule has 3 rings (SSSR count). The Morgan fingerprint density at radius 2 is 1.71 bits per heavy atom. The number of rotatable bonds is 10. The number of hydrogen-bond donors (Lipinski definition) is 1. The zero-order valence-corrected chi connectivity index (χ0v) is 21.6. The van der Waals surface area contributed by atoms with Gasteiger partial charge in [-0.25, -0.2) is 0 Å². The molecule has 35 heavy (non-hydrogen) atoms. The van der Waals surface area contributed by atoms with Crippen molar-refractivity contribution in [1.29, 1.82) is 0 Å². The van der Waals surface area contributed by atoms with Crippen molar-refractivity contribution >= 4 is 23.4 Å². The van der Waals surface area contributed by atoms with E-state index in [0.29, 0.717) is 28.7 Å². The van der Waals surface area contributed by atoms with Gasteiger partial charge in [0.25, 0.3) is 0 Å². The van der Waals surface area contributed by atoms with Crippen LogP contribution in [0.4, 0.5) is 0 Å². The van der Waals surface area contributed by atoms with Crippen LogP contribution in [0.5, 0.6) is 17.2 Å². The van der Waals surface area contributed by atoms with Gasteiger partial charge >= 0.3 is 0 Å². The Balaban J connectivity index is 2.00. The fourth-order valence-corrected chi connectivity index (χ4v) is 4.70.